The average molecular weight is 410 g/mol. The van der Waals surface area contributed by atoms with Gasteiger partial charge in [0.05, 0.1) is 10.5 Å². The second-order valence-electron chi connectivity index (χ2n) is 7.11. The van der Waals surface area contributed by atoms with Gasteiger partial charge in [0, 0.05) is 19.0 Å². The molecule has 0 saturated heterocycles. The lowest BCUT2D eigenvalue weighted by Crippen LogP contribution is -2.08. The van der Waals surface area contributed by atoms with E-state index < -0.39 is 10.9 Å². The van der Waals surface area contributed by atoms with Crippen LogP contribution in [0.4, 0.5) is 11.4 Å². The number of anilines is 1. The predicted octanol–water partition coefficient (Wildman–Crippen LogP) is 4.15. The van der Waals surface area contributed by atoms with Crippen LogP contribution in [0, 0.1) is 16.0 Å². The Bertz CT molecular complexity index is 1020. The highest BCUT2D eigenvalue weighted by molar-refractivity contribution is 5.91. The first-order valence-corrected chi connectivity index (χ1v) is 9.47. The fourth-order valence-corrected chi connectivity index (χ4v) is 2.76. The smallest absolute Gasteiger partial charge is 0.338 e. The highest BCUT2D eigenvalue weighted by Crippen LogP contribution is 2.26. The van der Waals surface area contributed by atoms with Gasteiger partial charge in [-0.25, -0.2) is 4.79 Å². The molecule has 30 heavy (non-hydrogen) atoms. The minimum atomic E-state index is -0.712. The van der Waals surface area contributed by atoms with Gasteiger partial charge in [-0.15, -0.1) is 0 Å². The summed E-state index contributed by atoms with van der Waals surface area (Å²) in [7, 11) is 0. The van der Waals surface area contributed by atoms with Crippen LogP contribution >= 0.6 is 0 Å². The highest BCUT2D eigenvalue weighted by Gasteiger charge is 2.19. The summed E-state index contributed by atoms with van der Waals surface area (Å²) in [6.45, 7) is 4.27. The molecule has 0 bridgehead atoms. The van der Waals surface area contributed by atoms with Gasteiger partial charge >= 0.3 is 5.97 Å². The van der Waals surface area contributed by atoms with E-state index in [9.17, 15) is 14.9 Å². The summed E-state index contributed by atoms with van der Waals surface area (Å²) in [5, 5.41) is 18.3. The van der Waals surface area contributed by atoms with Crippen molar-refractivity contribution in [2.75, 3.05) is 5.32 Å². The van der Waals surface area contributed by atoms with E-state index in [-0.39, 0.29) is 23.7 Å². The van der Waals surface area contributed by atoms with Gasteiger partial charge in [0.2, 0.25) is 0 Å². The molecule has 1 aromatic heterocycles. The normalized spacial score (nSPS) is 10.8. The molecule has 9 nitrogen and oxygen atoms in total. The third-order valence-electron chi connectivity index (χ3n) is 4.18. The Morgan fingerprint density at radius 1 is 1.23 bits per heavy atom. The van der Waals surface area contributed by atoms with Gasteiger partial charge in [-0.2, -0.15) is 4.98 Å². The second-order valence-corrected chi connectivity index (χ2v) is 7.11. The number of aromatic nitrogens is 2. The van der Waals surface area contributed by atoms with Gasteiger partial charge in [-0.3, -0.25) is 10.1 Å². The van der Waals surface area contributed by atoms with Crippen LogP contribution in [0.1, 0.15) is 41.5 Å². The Kier molecular flexibility index (Phi) is 6.74. The lowest BCUT2D eigenvalue weighted by Gasteiger charge is -2.09. The number of carbonyl (C=O) groups is 1. The monoisotopic (exact) mass is 410 g/mol. The molecule has 0 saturated carbocycles. The molecular formula is C21H22N4O5. The number of carbonyl (C=O) groups excluding carboxylic acids is 1. The number of nitro groups is 1. The van der Waals surface area contributed by atoms with Crippen molar-refractivity contribution >= 4 is 17.3 Å². The van der Waals surface area contributed by atoms with E-state index in [2.05, 4.69) is 15.5 Å². The molecule has 0 spiro atoms. The molecule has 156 valence electrons. The topological polar surface area (TPSA) is 120 Å². The van der Waals surface area contributed by atoms with Crippen LogP contribution in [0.5, 0.6) is 0 Å². The van der Waals surface area contributed by atoms with Crippen LogP contribution in [0.15, 0.2) is 53.1 Å². The van der Waals surface area contributed by atoms with Crippen LogP contribution < -0.4 is 5.32 Å². The Balaban J connectivity index is 1.65. The van der Waals surface area contributed by atoms with Gasteiger partial charge in [0.1, 0.15) is 5.69 Å². The fraction of sp³-hybridized carbons (Fsp3) is 0.286. The van der Waals surface area contributed by atoms with Crippen LogP contribution in [-0.4, -0.2) is 21.0 Å². The maximum atomic E-state index is 12.3. The molecule has 0 amide bonds. The zero-order valence-electron chi connectivity index (χ0n) is 16.7. The van der Waals surface area contributed by atoms with E-state index >= 15 is 0 Å². The zero-order chi connectivity index (χ0) is 21.5. The minimum absolute atomic E-state index is 0.0638. The molecule has 0 radical (unpaired) electrons. The lowest BCUT2D eigenvalue weighted by atomic mass is 10.1. The van der Waals surface area contributed by atoms with E-state index in [1.807, 2.05) is 44.2 Å². The number of hydrogen-bond donors (Lipinski definition) is 1. The number of benzene rings is 2. The first-order valence-electron chi connectivity index (χ1n) is 9.47. The molecule has 3 rings (SSSR count). The number of ether oxygens (including phenoxy) is 1. The van der Waals surface area contributed by atoms with Gasteiger partial charge in [-0.05, 0) is 23.6 Å². The van der Waals surface area contributed by atoms with E-state index in [1.54, 1.807) is 0 Å². The summed E-state index contributed by atoms with van der Waals surface area (Å²) in [5.41, 5.74) is 1.15. The second kappa shape index (κ2) is 9.64. The van der Waals surface area contributed by atoms with Gasteiger partial charge in [0.25, 0.3) is 11.6 Å². The van der Waals surface area contributed by atoms with Crippen LogP contribution in [0.25, 0.3) is 0 Å². The van der Waals surface area contributed by atoms with Crippen molar-refractivity contribution in [2.24, 2.45) is 5.92 Å². The fourth-order valence-electron chi connectivity index (χ4n) is 2.76. The molecule has 0 aliphatic carbocycles. The summed E-state index contributed by atoms with van der Waals surface area (Å²) >= 11 is 0. The van der Waals surface area contributed by atoms with Crippen molar-refractivity contribution < 1.29 is 19.0 Å². The van der Waals surface area contributed by atoms with Crippen molar-refractivity contribution in [1.29, 1.82) is 0 Å². The van der Waals surface area contributed by atoms with Crippen molar-refractivity contribution in [2.45, 2.75) is 33.4 Å². The molecular weight excluding hydrogens is 388 g/mol. The number of nitro benzene ring substituents is 1. The van der Waals surface area contributed by atoms with Crippen molar-refractivity contribution in [1.82, 2.24) is 10.1 Å². The van der Waals surface area contributed by atoms with Gasteiger partial charge in [-0.1, -0.05) is 49.3 Å². The highest BCUT2D eigenvalue weighted by atomic mass is 16.6. The summed E-state index contributed by atoms with van der Waals surface area (Å²) in [6, 6.07) is 13.6. The maximum Gasteiger partial charge on any atom is 0.338 e. The largest absolute Gasteiger partial charge is 0.452 e. The summed E-state index contributed by atoms with van der Waals surface area (Å²) in [4.78, 5) is 27.4. The SMILES string of the molecule is CC(C)Cc1noc(COC(=O)c2ccc(NCc3ccccc3)c([N+](=O)[O-])c2)n1. The first kappa shape index (κ1) is 21.0. The summed E-state index contributed by atoms with van der Waals surface area (Å²) in [6.07, 6.45) is 0.654. The average Bonchev–Trinajstić information content (AvgIpc) is 3.17. The summed E-state index contributed by atoms with van der Waals surface area (Å²) in [5.74, 6) is 0.374. The van der Waals surface area contributed by atoms with Crippen molar-refractivity contribution in [3.8, 4) is 0 Å². The van der Waals surface area contributed by atoms with E-state index in [1.165, 1.54) is 18.2 Å². The number of nitrogens with one attached hydrogen (secondary N) is 1. The molecule has 0 atom stereocenters. The molecule has 1 heterocycles. The molecule has 2 aromatic carbocycles. The predicted molar refractivity (Wildman–Crippen MR) is 109 cm³/mol. The molecule has 1 N–H and O–H groups in total. The number of rotatable bonds is 9. The van der Waals surface area contributed by atoms with Crippen molar-refractivity contribution in [3.63, 3.8) is 0 Å². The number of hydrogen-bond acceptors (Lipinski definition) is 8. The molecule has 3 aromatic rings. The number of nitrogens with zero attached hydrogens (tertiary/aromatic N) is 3. The van der Waals surface area contributed by atoms with Crippen LogP contribution in [0.2, 0.25) is 0 Å². The first-order chi connectivity index (χ1) is 14.4. The van der Waals surface area contributed by atoms with E-state index in [4.69, 9.17) is 9.26 Å². The van der Waals surface area contributed by atoms with Crippen LogP contribution in [-0.2, 0) is 24.3 Å². The third kappa shape index (κ3) is 5.63. The van der Waals surface area contributed by atoms with Crippen molar-refractivity contribution in [3.05, 3.63) is 81.5 Å². The maximum absolute atomic E-state index is 12.3. The third-order valence-corrected chi connectivity index (χ3v) is 4.18. The van der Waals surface area contributed by atoms with Crippen LogP contribution in [0.3, 0.4) is 0 Å². The van der Waals surface area contributed by atoms with E-state index in [0.717, 1.165) is 5.56 Å². The van der Waals surface area contributed by atoms with Gasteiger partial charge in [0.15, 0.2) is 12.4 Å². The Morgan fingerprint density at radius 2 is 2.00 bits per heavy atom. The summed E-state index contributed by atoms with van der Waals surface area (Å²) < 4.78 is 10.2. The Morgan fingerprint density at radius 3 is 2.70 bits per heavy atom. The molecule has 0 fully saturated rings. The molecule has 0 unspecified atom stereocenters. The zero-order valence-corrected chi connectivity index (χ0v) is 16.7. The quantitative estimate of drug-likeness (QED) is 0.317. The Hall–Kier alpha value is -3.75. The number of esters is 1. The molecule has 9 heteroatoms. The molecule has 0 aliphatic rings. The van der Waals surface area contributed by atoms with Gasteiger partial charge < -0.3 is 14.6 Å². The lowest BCUT2D eigenvalue weighted by molar-refractivity contribution is -0.384. The molecule has 0 aliphatic heterocycles. The Labute approximate surface area is 173 Å². The standard InChI is InChI=1S/C21H22N4O5/c1-14(2)10-19-23-20(30-24-19)13-29-21(26)16-8-9-17(18(11-16)25(27)28)22-12-15-6-4-3-5-7-15/h3-9,11,14,22H,10,12-13H2,1-2H3. The van der Waals surface area contributed by atoms with E-state index in [0.29, 0.717) is 30.4 Å². The minimum Gasteiger partial charge on any atom is -0.452 e.